The standard InChI is InChI=1S/C66H77IO2/c1-65(2)55-35-44(40-14-8-5-9-15-40)20-26-49(55)51-28-22-46(37-57(51)65)43-24-31-60-54(34-43)53-30-33-62(63(64(53)69-60)42-18-12-7-13-19-42)68-61-32-25-48(39-59(61)67)47-23-29-52-50-27-21-45(41-16-10-6-11-17-41)36-56(50)66(3,4)58(52)38-47/h7-8,10,12,14,16,18,20-24,26-28,30-31,38,40-41,43-46,48-50,52,55-56,62H,5-6,9,11,13,15,17,19,25,29,32-37,39H2,1-4H3. The van der Waals surface area contributed by atoms with Gasteiger partial charge in [-0.15, -0.1) is 0 Å². The second-order valence-electron chi connectivity index (χ2n) is 25.0. The Kier molecular flexibility index (Phi) is 11.7. The van der Waals surface area contributed by atoms with Crippen LogP contribution in [-0.2, 0) is 11.2 Å². The van der Waals surface area contributed by atoms with Gasteiger partial charge in [0.15, 0.2) is 0 Å². The lowest BCUT2D eigenvalue weighted by Gasteiger charge is -2.40. The van der Waals surface area contributed by atoms with Gasteiger partial charge in [-0.1, -0.05) is 142 Å². The maximum atomic E-state index is 7.31. The first-order valence-corrected chi connectivity index (χ1v) is 29.2. The number of allylic oxidation sites excluding steroid dienone is 22. The average Bonchev–Trinajstić information content (AvgIpc) is 3.95. The van der Waals surface area contributed by atoms with Crippen LogP contribution in [-0.4, -0.2) is 6.10 Å². The molecule has 0 N–H and O–H groups in total. The molecular weight excluding hydrogens is 952 g/mol. The van der Waals surface area contributed by atoms with Crippen LogP contribution in [0, 0.1) is 81.8 Å². The Labute approximate surface area is 428 Å². The molecule has 0 radical (unpaired) electrons. The third kappa shape index (κ3) is 7.80. The number of hydrogen-bond donors (Lipinski definition) is 0. The van der Waals surface area contributed by atoms with Crippen LogP contribution in [0.1, 0.15) is 142 Å². The first kappa shape index (κ1) is 45.3. The minimum Gasteiger partial charge on any atom is -0.489 e. The van der Waals surface area contributed by atoms with Gasteiger partial charge in [-0.2, -0.15) is 0 Å². The number of rotatable bonds is 7. The maximum Gasteiger partial charge on any atom is 0.141 e. The summed E-state index contributed by atoms with van der Waals surface area (Å²) in [6.45, 7) is 10.4. The second kappa shape index (κ2) is 17.9. The van der Waals surface area contributed by atoms with Crippen LogP contribution in [0.4, 0.5) is 0 Å². The lowest BCUT2D eigenvalue weighted by atomic mass is 9.64. The summed E-state index contributed by atoms with van der Waals surface area (Å²) in [5.41, 5.74) is 12.4. The van der Waals surface area contributed by atoms with Gasteiger partial charge in [0.05, 0.1) is 0 Å². The van der Waals surface area contributed by atoms with Gasteiger partial charge in [-0.25, -0.2) is 0 Å². The summed E-state index contributed by atoms with van der Waals surface area (Å²) in [7, 11) is 0. The van der Waals surface area contributed by atoms with E-state index in [4.69, 9.17) is 9.15 Å². The summed E-state index contributed by atoms with van der Waals surface area (Å²) in [5, 5.41) is 1.35. The Hall–Kier alpha value is -3.57. The molecule has 69 heavy (non-hydrogen) atoms. The van der Waals surface area contributed by atoms with E-state index in [2.05, 4.69) is 160 Å². The zero-order valence-electron chi connectivity index (χ0n) is 42.1. The van der Waals surface area contributed by atoms with Crippen molar-refractivity contribution in [2.45, 2.75) is 143 Å². The molecule has 0 aliphatic heterocycles. The van der Waals surface area contributed by atoms with E-state index >= 15 is 0 Å². The van der Waals surface area contributed by atoms with Crippen LogP contribution in [0.2, 0.25) is 0 Å². The molecule has 1 aromatic heterocycles. The zero-order chi connectivity index (χ0) is 46.6. The van der Waals surface area contributed by atoms with E-state index < -0.39 is 0 Å². The average molecular weight is 1030 g/mol. The predicted molar refractivity (Wildman–Crippen MR) is 294 cm³/mol. The Balaban J connectivity index is 0.714. The molecule has 13 rings (SSSR count). The molecule has 12 aliphatic carbocycles. The van der Waals surface area contributed by atoms with Gasteiger partial charge >= 0.3 is 0 Å². The molecule has 2 nitrogen and oxygen atoms in total. The predicted octanol–water partition coefficient (Wildman–Crippen LogP) is 16.1. The molecule has 0 saturated heterocycles. The number of halogens is 1. The van der Waals surface area contributed by atoms with E-state index in [1.165, 1.54) is 95.5 Å². The lowest BCUT2D eigenvalue weighted by Crippen LogP contribution is -2.37. The van der Waals surface area contributed by atoms with E-state index in [1.807, 2.05) is 0 Å². The van der Waals surface area contributed by atoms with Gasteiger partial charge in [-0.05, 0) is 218 Å². The Bertz CT molecular complexity index is 2790. The summed E-state index contributed by atoms with van der Waals surface area (Å²) in [6.07, 6.45) is 65.7. The highest BCUT2D eigenvalue weighted by atomic mass is 127. The molecule has 0 spiro atoms. The van der Waals surface area contributed by atoms with Crippen LogP contribution >= 0.6 is 22.6 Å². The third-order valence-electron chi connectivity index (χ3n) is 20.8. The largest absolute Gasteiger partial charge is 0.489 e. The quantitative estimate of drug-likeness (QED) is 0.201. The number of furan rings is 1. The van der Waals surface area contributed by atoms with Gasteiger partial charge < -0.3 is 9.15 Å². The third-order valence-corrected chi connectivity index (χ3v) is 21.9. The summed E-state index contributed by atoms with van der Waals surface area (Å²) < 4.78 is 15.8. The van der Waals surface area contributed by atoms with Crippen molar-refractivity contribution in [1.29, 1.82) is 0 Å². The maximum absolute atomic E-state index is 7.31. The van der Waals surface area contributed by atoms with E-state index in [-0.39, 0.29) is 16.9 Å². The summed E-state index contributed by atoms with van der Waals surface area (Å²) >= 11 is 2.66. The van der Waals surface area contributed by atoms with E-state index in [9.17, 15) is 0 Å². The summed E-state index contributed by atoms with van der Waals surface area (Å²) in [5.74, 6) is 10.2. The normalized spacial score (nSPS) is 38.9. The van der Waals surface area contributed by atoms with Crippen molar-refractivity contribution in [3.8, 4) is 0 Å². The van der Waals surface area contributed by atoms with E-state index in [1.54, 1.807) is 22.3 Å². The van der Waals surface area contributed by atoms with E-state index in [0.29, 0.717) is 53.3 Å². The zero-order valence-corrected chi connectivity index (χ0v) is 44.3. The molecule has 1 fully saturated rings. The first-order valence-electron chi connectivity index (χ1n) is 28.1. The topological polar surface area (TPSA) is 22.4 Å². The molecule has 1 saturated carbocycles. The lowest BCUT2D eigenvalue weighted by molar-refractivity contribution is 0.146. The van der Waals surface area contributed by atoms with Gasteiger partial charge in [-0.3, -0.25) is 0 Å². The van der Waals surface area contributed by atoms with Crippen LogP contribution in [0.15, 0.2) is 139 Å². The Morgan fingerprint density at radius 1 is 0.681 bits per heavy atom. The molecule has 1 heterocycles. The van der Waals surface area contributed by atoms with Crippen molar-refractivity contribution in [3.05, 3.63) is 156 Å². The van der Waals surface area contributed by atoms with Crippen molar-refractivity contribution in [3.63, 3.8) is 0 Å². The minimum absolute atomic E-state index is 0.0260. The van der Waals surface area contributed by atoms with Gasteiger partial charge in [0, 0.05) is 38.7 Å². The SMILES string of the molecule is CC1(C)C2=C(C=CC(C3C=Cc4oc5c(c4C3)=CCC(OC3=C(I)CC(C4=CCC6C(=C4)C(C)(C)C4CC(C7C=CCCC7)C=CC64)CC3)C=5C3=CC=CCC3)C2)C2C=CC(C3C=CCCC3)CC21. The Morgan fingerprint density at radius 3 is 2.20 bits per heavy atom. The van der Waals surface area contributed by atoms with Crippen LogP contribution in [0.25, 0.3) is 17.7 Å². The Morgan fingerprint density at radius 2 is 1.45 bits per heavy atom. The van der Waals surface area contributed by atoms with E-state index in [0.717, 1.165) is 73.9 Å². The summed E-state index contributed by atoms with van der Waals surface area (Å²) in [4.78, 5) is 0. The van der Waals surface area contributed by atoms with Crippen molar-refractivity contribution in [1.82, 2.24) is 0 Å². The fourth-order valence-corrected chi connectivity index (χ4v) is 17.8. The first-order chi connectivity index (χ1) is 33.6. The molecule has 0 bridgehead atoms. The number of fused-ring (bicyclic) bond motifs is 8. The van der Waals surface area contributed by atoms with Crippen molar-refractivity contribution in [2.24, 2.45) is 81.8 Å². The number of hydrogen-bond acceptors (Lipinski definition) is 2. The highest BCUT2D eigenvalue weighted by Crippen LogP contribution is 2.63. The molecule has 1 aromatic rings. The molecule has 13 atom stereocenters. The van der Waals surface area contributed by atoms with Gasteiger partial charge in [0.1, 0.15) is 23.0 Å². The van der Waals surface area contributed by atoms with Gasteiger partial charge in [0.25, 0.3) is 0 Å². The molecule has 3 heteroatoms. The monoisotopic (exact) mass is 1030 g/mol. The molecule has 0 aromatic carbocycles. The minimum atomic E-state index is -0.0260. The molecule has 13 unspecified atom stereocenters. The molecule has 0 amide bonds. The second-order valence-corrected chi connectivity index (χ2v) is 26.3. The van der Waals surface area contributed by atoms with Crippen molar-refractivity contribution in [2.75, 3.05) is 0 Å². The smallest absolute Gasteiger partial charge is 0.141 e. The van der Waals surface area contributed by atoms with Crippen molar-refractivity contribution >= 4 is 40.3 Å². The van der Waals surface area contributed by atoms with Crippen molar-refractivity contribution < 1.29 is 9.15 Å². The molecule has 360 valence electrons. The highest BCUT2D eigenvalue weighted by molar-refractivity contribution is 14.1. The number of ether oxygens (including phenoxy) is 1. The highest BCUT2D eigenvalue weighted by Gasteiger charge is 2.53. The van der Waals surface area contributed by atoms with Crippen LogP contribution in [0.3, 0.4) is 0 Å². The van der Waals surface area contributed by atoms with Crippen LogP contribution in [0.5, 0.6) is 0 Å². The fourth-order valence-electron chi connectivity index (χ4n) is 16.9. The van der Waals surface area contributed by atoms with Crippen LogP contribution < -0.4 is 10.6 Å². The van der Waals surface area contributed by atoms with Gasteiger partial charge in [0.2, 0.25) is 0 Å². The summed E-state index contributed by atoms with van der Waals surface area (Å²) in [6, 6.07) is 0. The molecule has 12 aliphatic rings. The molecular formula is C66H77IO2. The fraction of sp³-hybridized carbons (Fsp3) is 0.545.